The number of nitro groups is 1. The van der Waals surface area contributed by atoms with Crippen LogP contribution in [0.4, 0.5) is 5.69 Å². The zero-order chi connectivity index (χ0) is 12.5. The third-order valence-electron chi connectivity index (χ3n) is 1.74. The number of carboxylic acids is 1. The highest BCUT2D eigenvalue weighted by atomic mass is 31.2. The number of hydrogen-bond acceptors (Lipinski definition) is 4. The first-order valence-corrected chi connectivity index (χ1v) is 5.43. The van der Waals surface area contributed by atoms with Crippen LogP contribution in [-0.2, 0) is 4.57 Å². The van der Waals surface area contributed by atoms with Crippen LogP contribution in [-0.4, -0.2) is 25.8 Å². The number of carbonyl (C=O) groups is 1. The number of carboxylic acid groups (broad SMARTS) is 1. The van der Waals surface area contributed by atoms with Gasteiger partial charge < -0.3 is 14.9 Å². The van der Waals surface area contributed by atoms with Crippen LogP contribution in [0.5, 0.6) is 0 Å². The van der Waals surface area contributed by atoms with Crippen LogP contribution in [0.3, 0.4) is 0 Å². The molecule has 0 saturated heterocycles. The van der Waals surface area contributed by atoms with Crippen molar-refractivity contribution in [2.45, 2.75) is 0 Å². The summed E-state index contributed by atoms with van der Waals surface area (Å²) in [6.07, 6.45) is 0. The van der Waals surface area contributed by atoms with Crippen molar-refractivity contribution in [3.8, 4) is 0 Å². The Bertz CT molecular complexity index is 505. The van der Waals surface area contributed by atoms with Crippen molar-refractivity contribution in [3.05, 3.63) is 33.9 Å². The van der Waals surface area contributed by atoms with E-state index < -0.39 is 35.0 Å². The van der Waals surface area contributed by atoms with E-state index >= 15 is 0 Å². The number of nitrogens with zero attached hydrogens (tertiary/aromatic N) is 1. The molecule has 3 N–H and O–H groups in total. The maximum absolute atomic E-state index is 10.9. The van der Waals surface area contributed by atoms with E-state index in [1.54, 1.807) is 0 Å². The predicted octanol–water partition coefficient (Wildman–Crippen LogP) is 0.0960. The summed E-state index contributed by atoms with van der Waals surface area (Å²) in [5.41, 5.74) is -1.84. The first kappa shape index (κ1) is 12.3. The molecule has 0 unspecified atom stereocenters. The third-order valence-corrected chi connectivity index (χ3v) is 2.73. The molecule has 86 valence electrons. The summed E-state index contributed by atoms with van der Waals surface area (Å²) in [6.45, 7) is 0. The Kier molecular flexibility index (Phi) is 3.09. The van der Waals surface area contributed by atoms with Crippen LogP contribution < -0.4 is 5.30 Å². The van der Waals surface area contributed by atoms with Crippen LogP contribution in [0.15, 0.2) is 18.2 Å². The number of aromatic carboxylic acids is 1. The topological polar surface area (TPSA) is 138 Å². The molecule has 0 bridgehead atoms. The molecule has 16 heavy (non-hydrogen) atoms. The van der Waals surface area contributed by atoms with Crippen molar-refractivity contribution in [2.24, 2.45) is 0 Å². The fourth-order valence-corrected chi connectivity index (χ4v) is 1.89. The normalized spacial score (nSPS) is 11.1. The zero-order valence-corrected chi connectivity index (χ0v) is 8.50. The van der Waals surface area contributed by atoms with Gasteiger partial charge in [0, 0.05) is 0 Å². The second-order valence-electron chi connectivity index (χ2n) is 2.78. The number of hydrogen-bond donors (Lipinski definition) is 3. The fourth-order valence-electron chi connectivity index (χ4n) is 1.13. The van der Waals surface area contributed by atoms with Gasteiger partial charge in [-0.15, -0.1) is 0 Å². The summed E-state index contributed by atoms with van der Waals surface area (Å²) in [6, 6.07) is 2.76. The number of nitro benzene ring substituents is 1. The molecule has 0 fully saturated rings. The minimum Gasteiger partial charge on any atom is -0.477 e. The lowest BCUT2D eigenvalue weighted by Gasteiger charge is -2.06. The number of benzene rings is 1. The van der Waals surface area contributed by atoms with Crippen molar-refractivity contribution < 1.29 is 29.2 Å². The van der Waals surface area contributed by atoms with E-state index in [-0.39, 0.29) is 0 Å². The third kappa shape index (κ3) is 2.25. The highest BCUT2D eigenvalue weighted by molar-refractivity contribution is 7.60. The monoisotopic (exact) mass is 247 g/mol. The van der Waals surface area contributed by atoms with Gasteiger partial charge in [-0.1, -0.05) is 6.07 Å². The average Bonchev–Trinajstić information content (AvgIpc) is 2.14. The lowest BCUT2D eigenvalue weighted by atomic mass is 10.2. The van der Waals surface area contributed by atoms with Gasteiger partial charge in [-0.05, 0) is 12.1 Å². The summed E-state index contributed by atoms with van der Waals surface area (Å²) in [5.74, 6) is -1.62. The molecule has 1 rings (SSSR count). The minimum absolute atomic E-state index is 0.758. The zero-order valence-electron chi connectivity index (χ0n) is 7.60. The molecule has 0 spiro atoms. The Labute approximate surface area is 88.5 Å². The maximum atomic E-state index is 10.9. The lowest BCUT2D eigenvalue weighted by molar-refractivity contribution is -0.384. The summed E-state index contributed by atoms with van der Waals surface area (Å²) < 4.78 is 10.9. The van der Waals surface area contributed by atoms with Gasteiger partial charge in [-0.3, -0.25) is 14.7 Å². The van der Waals surface area contributed by atoms with Crippen molar-refractivity contribution in [2.75, 3.05) is 0 Å². The van der Waals surface area contributed by atoms with Gasteiger partial charge in [0.05, 0.1) is 4.92 Å². The molecule has 0 heterocycles. The van der Waals surface area contributed by atoms with Crippen molar-refractivity contribution in [3.63, 3.8) is 0 Å². The average molecular weight is 247 g/mol. The van der Waals surface area contributed by atoms with Crippen molar-refractivity contribution in [1.29, 1.82) is 0 Å². The van der Waals surface area contributed by atoms with E-state index in [1.807, 2.05) is 0 Å². The van der Waals surface area contributed by atoms with Gasteiger partial charge in [0.15, 0.2) is 0 Å². The van der Waals surface area contributed by atoms with Gasteiger partial charge in [0.25, 0.3) is 5.69 Å². The van der Waals surface area contributed by atoms with E-state index in [9.17, 15) is 19.5 Å². The standard InChI is InChI=1S/C7H6NO7P/c9-7(10)4-2-1-3-5(16(13,14)15)6(4)8(11)12/h1-3H,(H,9,10)(H2,13,14,15). The van der Waals surface area contributed by atoms with Crippen molar-refractivity contribution >= 4 is 24.6 Å². The molecular weight excluding hydrogens is 241 g/mol. The van der Waals surface area contributed by atoms with Gasteiger partial charge in [-0.2, -0.15) is 0 Å². The van der Waals surface area contributed by atoms with Gasteiger partial charge >= 0.3 is 13.6 Å². The fraction of sp³-hybridized carbons (Fsp3) is 0. The summed E-state index contributed by atoms with van der Waals surface area (Å²) in [7, 11) is -4.88. The molecule has 0 atom stereocenters. The molecule has 0 aromatic heterocycles. The molecule has 1 aromatic carbocycles. The van der Waals surface area contributed by atoms with Gasteiger partial charge in [-0.25, -0.2) is 4.79 Å². The Balaban J connectivity index is 3.65. The van der Waals surface area contributed by atoms with Crippen LogP contribution in [0.25, 0.3) is 0 Å². The summed E-state index contributed by atoms with van der Waals surface area (Å²) >= 11 is 0. The van der Waals surface area contributed by atoms with E-state index in [0.29, 0.717) is 0 Å². The highest BCUT2D eigenvalue weighted by Crippen LogP contribution is 2.38. The SMILES string of the molecule is O=C(O)c1cccc(P(=O)(O)O)c1[N+](=O)[O-]. The molecule has 0 amide bonds. The van der Waals surface area contributed by atoms with E-state index in [0.717, 1.165) is 18.2 Å². The Morgan fingerprint density at radius 1 is 1.38 bits per heavy atom. The molecule has 8 nitrogen and oxygen atoms in total. The van der Waals surface area contributed by atoms with E-state index in [2.05, 4.69) is 0 Å². The van der Waals surface area contributed by atoms with Crippen molar-refractivity contribution in [1.82, 2.24) is 0 Å². The first-order chi connectivity index (χ1) is 7.25. The minimum atomic E-state index is -4.88. The summed E-state index contributed by atoms with van der Waals surface area (Å²) in [4.78, 5) is 37.8. The first-order valence-electron chi connectivity index (χ1n) is 3.82. The van der Waals surface area contributed by atoms with E-state index in [4.69, 9.17) is 14.9 Å². The molecule has 0 aliphatic rings. The van der Waals surface area contributed by atoms with Gasteiger partial charge in [0.2, 0.25) is 0 Å². The Morgan fingerprint density at radius 2 is 1.94 bits per heavy atom. The van der Waals surface area contributed by atoms with Crippen LogP contribution in [0, 0.1) is 10.1 Å². The van der Waals surface area contributed by atoms with Gasteiger partial charge in [0.1, 0.15) is 10.9 Å². The Hall–Kier alpha value is -1.76. The largest absolute Gasteiger partial charge is 0.477 e. The molecule has 9 heteroatoms. The molecule has 0 saturated carbocycles. The molecule has 0 aliphatic heterocycles. The molecule has 1 aromatic rings. The van der Waals surface area contributed by atoms with Crippen LogP contribution in [0.1, 0.15) is 10.4 Å². The Morgan fingerprint density at radius 3 is 2.31 bits per heavy atom. The lowest BCUT2D eigenvalue weighted by Crippen LogP contribution is -2.15. The smallest absolute Gasteiger partial charge is 0.363 e. The molecular formula is C7H6NO7P. The molecule has 0 aliphatic carbocycles. The van der Waals surface area contributed by atoms with Crippen LogP contribution >= 0.6 is 7.60 Å². The van der Waals surface area contributed by atoms with E-state index in [1.165, 1.54) is 0 Å². The summed E-state index contributed by atoms with van der Waals surface area (Å²) in [5, 5.41) is 18.3. The quantitative estimate of drug-likeness (QED) is 0.391. The molecule has 0 radical (unpaired) electrons. The second-order valence-corrected chi connectivity index (χ2v) is 4.35. The predicted molar refractivity (Wildman–Crippen MR) is 51.7 cm³/mol. The number of rotatable bonds is 3. The number of para-hydroxylation sites is 1. The maximum Gasteiger partial charge on any atom is 0.363 e. The highest BCUT2D eigenvalue weighted by Gasteiger charge is 2.33. The second kappa shape index (κ2) is 4.01. The van der Waals surface area contributed by atoms with Crippen LogP contribution in [0.2, 0.25) is 0 Å².